The first-order valence-electron chi connectivity index (χ1n) is 5.82. The second kappa shape index (κ2) is 6.29. The van der Waals surface area contributed by atoms with Gasteiger partial charge in [-0.05, 0) is 6.07 Å². The van der Waals surface area contributed by atoms with Gasteiger partial charge in [0.1, 0.15) is 11.7 Å². The van der Waals surface area contributed by atoms with Crippen molar-refractivity contribution in [3.8, 4) is 0 Å². The molecule has 1 aliphatic carbocycles. The van der Waals surface area contributed by atoms with Crippen molar-refractivity contribution >= 4 is 5.91 Å². The Hall–Kier alpha value is -1.21. The van der Waals surface area contributed by atoms with E-state index in [1.807, 2.05) is 0 Å². The third-order valence-corrected chi connectivity index (χ3v) is 3.50. The number of nitrogens with two attached hydrogens (primary N) is 1. The summed E-state index contributed by atoms with van der Waals surface area (Å²) in [5.41, 5.74) is 5.53. The third kappa shape index (κ3) is 3.03. The fourth-order valence-corrected chi connectivity index (χ4v) is 2.42. The van der Waals surface area contributed by atoms with Gasteiger partial charge in [-0.15, -0.1) is 0 Å². The molecule has 6 nitrogen and oxygen atoms in total. The van der Waals surface area contributed by atoms with Crippen LogP contribution < -0.4 is 22.7 Å². The van der Waals surface area contributed by atoms with Gasteiger partial charge in [0, 0.05) is 25.0 Å². The van der Waals surface area contributed by atoms with E-state index in [4.69, 9.17) is 10.8 Å². The number of carbonyl (C=O) groups excluding carboxylic acids is 1. The molecule has 1 amide bonds. The van der Waals surface area contributed by atoms with Gasteiger partial charge in [-0.1, -0.05) is 0 Å². The van der Waals surface area contributed by atoms with Crippen LogP contribution in [-0.4, -0.2) is 40.0 Å². The number of amides is 1. The Morgan fingerprint density at radius 2 is 2.11 bits per heavy atom. The lowest BCUT2D eigenvalue weighted by atomic mass is 10.1. The van der Waals surface area contributed by atoms with E-state index in [1.165, 1.54) is 0 Å². The van der Waals surface area contributed by atoms with Crippen LogP contribution in [0.2, 0.25) is 0 Å². The first-order chi connectivity index (χ1) is 8.54. The number of halogens is 1. The summed E-state index contributed by atoms with van der Waals surface area (Å²) in [6.45, 7) is -0.176. The van der Waals surface area contributed by atoms with Crippen LogP contribution in [0.5, 0.6) is 0 Å². The molecule has 1 heterocycles. The molecule has 4 atom stereocenters. The molecule has 2 rings (SSSR count). The average molecular weight is 289 g/mol. The first-order valence-corrected chi connectivity index (χ1v) is 5.82. The Morgan fingerprint density at radius 3 is 2.63 bits per heavy atom. The SMILES string of the molecule is NC(=O)c1ccc[n+]([C@@H]2C[C@H](CO)[C@@H](O)[C@H]2O)c1.[Cl-]. The lowest BCUT2D eigenvalue weighted by Gasteiger charge is -2.13. The highest BCUT2D eigenvalue weighted by molar-refractivity contribution is 5.92. The largest absolute Gasteiger partial charge is 1.00 e. The van der Waals surface area contributed by atoms with Crippen molar-refractivity contribution in [3.63, 3.8) is 0 Å². The highest BCUT2D eigenvalue weighted by Crippen LogP contribution is 2.31. The average Bonchev–Trinajstić information content (AvgIpc) is 2.66. The van der Waals surface area contributed by atoms with Crippen LogP contribution in [0.25, 0.3) is 0 Å². The molecule has 0 radical (unpaired) electrons. The number of primary amides is 1. The van der Waals surface area contributed by atoms with Gasteiger partial charge in [0.05, 0.1) is 6.10 Å². The van der Waals surface area contributed by atoms with Crippen molar-refractivity contribution in [2.24, 2.45) is 11.7 Å². The zero-order valence-corrected chi connectivity index (χ0v) is 10.9. The predicted molar refractivity (Wildman–Crippen MR) is 61.4 cm³/mol. The molecule has 1 fully saturated rings. The Labute approximate surface area is 116 Å². The van der Waals surface area contributed by atoms with Crippen molar-refractivity contribution < 1.29 is 37.1 Å². The van der Waals surface area contributed by atoms with Gasteiger partial charge in [0.25, 0.3) is 5.91 Å². The monoisotopic (exact) mass is 288 g/mol. The van der Waals surface area contributed by atoms with Crippen molar-refractivity contribution in [3.05, 3.63) is 30.1 Å². The minimum Gasteiger partial charge on any atom is -1.00 e. The molecule has 1 aromatic heterocycles. The standard InChI is InChI=1S/C12H16N2O4.ClH/c13-12(18)7-2-1-3-14(5-7)9-4-8(6-15)10(16)11(9)17;/h1-3,5,8-11,15-17H,4,6H2,(H-,13,18);1H/t8-,9-,10-,11+;/m1./s1. The van der Waals surface area contributed by atoms with Crippen LogP contribution >= 0.6 is 0 Å². The summed E-state index contributed by atoms with van der Waals surface area (Å²) >= 11 is 0. The number of pyridine rings is 1. The highest BCUT2D eigenvalue weighted by atomic mass is 35.5. The molecule has 1 saturated carbocycles. The Kier molecular flexibility index (Phi) is 5.25. The number of carbonyl (C=O) groups is 1. The molecule has 7 heteroatoms. The molecule has 0 bridgehead atoms. The van der Waals surface area contributed by atoms with Gasteiger partial charge in [0.15, 0.2) is 18.4 Å². The van der Waals surface area contributed by atoms with Gasteiger partial charge in [-0.2, -0.15) is 4.57 Å². The van der Waals surface area contributed by atoms with Crippen LogP contribution in [0.4, 0.5) is 0 Å². The molecule has 106 valence electrons. The molecule has 0 aromatic carbocycles. The second-order valence-electron chi connectivity index (χ2n) is 4.63. The first kappa shape index (κ1) is 15.8. The Morgan fingerprint density at radius 1 is 1.42 bits per heavy atom. The van der Waals surface area contributed by atoms with Crippen molar-refractivity contribution in [2.75, 3.05) is 6.61 Å². The fraction of sp³-hybridized carbons (Fsp3) is 0.500. The van der Waals surface area contributed by atoms with E-state index in [1.54, 1.807) is 29.1 Å². The van der Waals surface area contributed by atoms with Crippen molar-refractivity contribution in [2.45, 2.75) is 24.7 Å². The number of rotatable bonds is 3. The molecular weight excluding hydrogens is 272 g/mol. The van der Waals surface area contributed by atoms with Gasteiger partial charge in [-0.25, -0.2) is 0 Å². The molecule has 0 spiro atoms. The van der Waals surface area contributed by atoms with E-state index in [0.717, 1.165) is 0 Å². The van der Waals surface area contributed by atoms with Gasteiger partial charge >= 0.3 is 0 Å². The maximum Gasteiger partial charge on any atom is 0.254 e. The third-order valence-electron chi connectivity index (χ3n) is 3.50. The summed E-state index contributed by atoms with van der Waals surface area (Å²) in [4.78, 5) is 11.1. The molecule has 0 saturated heterocycles. The molecule has 0 aliphatic heterocycles. The summed E-state index contributed by atoms with van der Waals surface area (Å²) in [6.07, 6.45) is 1.78. The van der Waals surface area contributed by atoms with Gasteiger partial charge < -0.3 is 33.5 Å². The normalized spacial score (nSPS) is 29.8. The summed E-state index contributed by atoms with van der Waals surface area (Å²) in [5.74, 6) is -0.897. The Bertz CT molecular complexity index is 457. The number of hydrogen-bond donors (Lipinski definition) is 4. The van der Waals surface area contributed by atoms with E-state index < -0.39 is 18.1 Å². The molecular formula is C12H17ClN2O4. The maximum absolute atomic E-state index is 11.1. The number of hydrogen-bond acceptors (Lipinski definition) is 4. The summed E-state index contributed by atoms with van der Waals surface area (Å²) < 4.78 is 1.66. The molecule has 19 heavy (non-hydrogen) atoms. The zero-order chi connectivity index (χ0) is 13.3. The van der Waals surface area contributed by atoms with E-state index in [-0.39, 0.29) is 31.0 Å². The quantitative estimate of drug-likeness (QED) is 0.420. The topological polar surface area (TPSA) is 108 Å². The number of aliphatic hydroxyl groups is 3. The maximum atomic E-state index is 11.1. The number of nitrogens with zero attached hydrogens (tertiary/aromatic N) is 1. The van der Waals surface area contributed by atoms with Crippen LogP contribution in [0, 0.1) is 5.92 Å². The summed E-state index contributed by atoms with van der Waals surface area (Å²) in [5, 5.41) is 28.8. The van der Waals surface area contributed by atoms with Crippen LogP contribution in [0.1, 0.15) is 22.8 Å². The molecule has 1 aromatic rings. The molecule has 0 unspecified atom stereocenters. The minimum atomic E-state index is -0.963. The lowest BCUT2D eigenvalue weighted by Crippen LogP contribution is -3.00. The highest BCUT2D eigenvalue weighted by Gasteiger charge is 2.46. The summed E-state index contributed by atoms with van der Waals surface area (Å²) in [6, 6.07) is 2.88. The number of aromatic nitrogens is 1. The van der Waals surface area contributed by atoms with E-state index in [9.17, 15) is 15.0 Å². The Balaban J connectivity index is 0.00000180. The predicted octanol–water partition coefficient (Wildman–Crippen LogP) is -4.65. The molecule has 1 aliphatic rings. The smallest absolute Gasteiger partial charge is 0.254 e. The lowest BCUT2D eigenvalue weighted by molar-refractivity contribution is -0.728. The van der Waals surface area contributed by atoms with Crippen molar-refractivity contribution in [1.29, 1.82) is 0 Å². The second-order valence-corrected chi connectivity index (χ2v) is 4.63. The van der Waals surface area contributed by atoms with Crippen LogP contribution in [0.15, 0.2) is 24.5 Å². The van der Waals surface area contributed by atoms with Gasteiger partial charge in [-0.3, -0.25) is 4.79 Å². The minimum absolute atomic E-state index is 0. The zero-order valence-electron chi connectivity index (χ0n) is 10.2. The molecule has 5 N–H and O–H groups in total. The van der Waals surface area contributed by atoms with E-state index in [0.29, 0.717) is 12.0 Å². The van der Waals surface area contributed by atoms with E-state index >= 15 is 0 Å². The van der Waals surface area contributed by atoms with Crippen LogP contribution in [0.3, 0.4) is 0 Å². The summed E-state index contributed by atoms with van der Waals surface area (Å²) in [7, 11) is 0. The van der Waals surface area contributed by atoms with Crippen LogP contribution in [-0.2, 0) is 0 Å². The van der Waals surface area contributed by atoms with Gasteiger partial charge in [0.2, 0.25) is 0 Å². The number of aliphatic hydroxyl groups excluding tert-OH is 3. The van der Waals surface area contributed by atoms with Crippen molar-refractivity contribution in [1.82, 2.24) is 0 Å². The fourth-order valence-electron chi connectivity index (χ4n) is 2.42. The van der Waals surface area contributed by atoms with E-state index in [2.05, 4.69) is 0 Å².